The van der Waals surface area contributed by atoms with E-state index in [-0.39, 0.29) is 95.2 Å². The van der Waals surface area contributed by atoms with Gasteiger partial charge >= 0.3 is 28.2 Å². The monoisotopic (exact) mass is 815 g/mol. The van der Waals surface area contributed by atoms with Gasteiger partial charge in [-0.25, -0.2) is 4.79 Å². The minimum atomic E-state index is -1.00. The maximum absolute atomic E-state index is 12.7. The Morgan fingerprint density at radius 2 is 1.18 bits per heavy atom. The van der Waals surface area contributed by atoms with E-state index in [1.165, 1.54) is 12.1 Å². The van der Waals surface area contributed by atoms with Crippen LogP contribution in [-0.2, 0) is 28.7 Å². The van der Waals surface area contributed by atoms with Crippen molar-refractivity contribution < 1.29 is 59.7 Å². The number of aliphatic carboxylic acids is 2. The normalized spacial score (nSPS) is 13.6. The van der Waals surface area contributed by atoms with Crippen LogP contribution < -0.4 is 21.5 Å². The molecule has 0 aromatic heterocycles. The number of rotatable bonds is 18. The molecular formula is C37H71BeN7O12. The minimum absolute atomic E-state index is 0. The Labute approximate surface area is 344 Å². The van der Waals surface area contributed by atoms with Crippen molar-refractivity contribution in [1.29, 1.82) is 0 Å². The predicted octanol–water partition coefficient (Wildman–Crippen LogP) is 1.07. The summed E-state index contributed by atoms with van der Waals surface area (Å²) in [6, 6.07) is 6.06. The van der Waals surface area contributed by atoms with Crippen molar-refractivity contribution in [1.82, 2.24) is 36.4 Å². The molecular weight excluding hydrogens is 743 g/mol. The molecule has 0 aliphatic carbocycles. The number of carboxylic acids is 2. The molecule has 2 rings (SSSR count). The molecule has 19 nitrogen and oxygen atoms in total. The summed E-state index contributed by atoms with van der Waals surface area (Å²) in [5, 5.41) is 31.1. The summed E-state index contributed by atoms with van der Waals surface area (Å²) in [4.78, 5) is 77.8. The van der Waals surface area contributed by atoms with Crippen molar-refractivity contribution in [2.45, 2.75) is 41.0 Å². The smallest absolute Gasteiger partial charge is 1.00 e. The third kappa shape index (κ3) is 32.7. The van der Waals surface area contributed by atoms with Crippen molar-refractivity contribution >= 4 is 46.3 Å². The van der Waals surface area contributed by atoms with E-state index in [1.807, 2.05) is 44.4 Å². The summed E-state index contributed by atoms with van der Waals surface area (Å²) in [6.07, 6.45) is 0.675. The SMILES string of the molecule is CC.CC.CCCNC(=O)c1ccc(OC(=O)OCCOCCNC(=O)CN2CCN(CC=O)CCN(CC(=O)O)CCN(CC(=O)O)CC2)cc1.CO.N.[Be+2].[CH3-].[H-]. The number of aliphatic hydroxyl groups excluding tert-OH is 1. The number of nitrogens with zero attached hydrogens (tertiary/aromatic N) is 4. The third-order valence-electron chi connectivity index (χ3n) is 7.22. The van der Waals surface area contributed by atoms with Crippen LogP contribution in [0.3, 0.4) is 0 Å². The molecule has 0 radical (unpaired) electrons. The number of benzene rings is 1. The molecule has 1 aromatic rings. The fourth-order valence-electron chi connectivity index (χ4n) is 4.67. The van der Waals surface area contributed by atoms with E-state index < -0.39 is 18.1 Å². The zero-order chi connectivity index (χ0) is 41.1. The van der Waals surface area contributed by atoms with E-state index in [4.69, 9.17) is 19.3 Å². The molecule has 8 N–H and O–H groups in total. The second-order valence-electron chi connectivity index (χ2n) is 11.0. The molecule has 1 saturated heterocycles. The predicted molar refractivity (Wildman–Crippen MR) is 221 cm³/mol. The van der Waals surface area contributed by atoms with Crippen molar-refractivity contribution in [3.05, 3.63) is 37.3 Å². The van der Waals surface area contributed by atoms with Gasteiger partial charge < -0.3 is 60.0 Å². The number of carbonyl (C=O) groups is 6. The van der Waals surface area contributed by atoms with Crippen LogP contribution in [0.1, 0.15) is 52.8 Å². The first-order valence-corrected chi connectivity index (χ1v) is 18.4. The van der Waals surface area contributed by atoms with Gasteiger partial charge in [-0.15, -0.1) is 0 Å². The van der Waals surface area contributed by atoms with Gasteiger partial charge in [-0.3, -0.25) is 38.8 Å². The number of nitrogens with one attached hydrogen (secondary N) is 2. The number of amides is 2. The van der Waals surface area contributed by atoms with Crippen LogP contribution >= 0.6 is 0 Å². The summed E-state index contributed by atoms with van der Waals surface area (Å²) in [5.41, 5.74) is 0.444. The number of hydrogen-bond donors (Lipinski definition) is 6. The Kier molecular flexibility index (Phi) is 45.3. The second kappa shape index (κ2) is 41.6. The van der Waals surface area contributed by atoms with Gasteiger partial charge in [-0.05, 0) is 30.7 Å². The Morgan fingerprint density at radius 3 is 1.61 bits per heavy atom. The Balaban J connectivity index is -0.000000644. The van der Waals surface area contributed by atoms with Gasteiger partial charge in [0, 0.05) is 78.1 Å². The van der Waals surface area contributed by atoms with Crippen molar-refractivity contribution in [2.24, 2.45) is 0 Å². The number of aliphatic hydroxyl groups is 1. The van der Waals surface area contributed by atoms with Crippen LogP contribution in [0.25, 0.3) is 0 Å². The molecule has 2 amide bonds. The molecule has 1 aliphatic rings. The Morgan fingerprint density at radius 1 is 0.719 bits per heavy atom. The van der Waals surface area contributed by atoms with Crippen molar-refractivity contribution in [3.8, 4) is 5.75 Å². The first-order chi connectivity index (χ1) is 26.1. The Bertz CT molecular complexity index is 1190. The first-order valence-electron chi connectivity index (χ1n) is 18.4. The number of carboxylic acid groups (broad SMARTS) is 2. The quantitative estimate of drug-likeness (QED) is 0.0302. The maximum atomic E-state index is 12.7. The topological polar surface area (TPSA) is 263 Å². The van der Waals surface area contributed by atoms with E-state index >= 15 is 0 Å². The summed E-state index contributed by atoms with van der Waals surface area (Å²) in [7, 11) is 1.00. The van der Waals surface area contributed by atoms with Gasteiger partial charge in [0.1, 0.15) is 18.6 Å². The number of ether oxygens (including phenoxy) is 3. The van der Waals surface area contributed by atoms with Gasteiger partial charge in [0.25, 0.3) is 5.91 Å². The zero-order valence-corrected chi connectivity index (χ0v) is 35.3. The minimum Gasteiger partial charge on any atom is -1.00 e. The van der Waals surface area contributed by atoms with Crippen molar-refractivity contribution in [3.63, 3.8) is 0 Å². The summed E-state index contributed by atoms with van der Waals surface area (Å²) >= 11 is 0. The number of aldehydes is 1. The average Bonchev–Trinajstić information content (AvgIpc) is 3.16. The largest absolute Gasteiger partial charge is 2.00 e. The number of hydrogen-bond acceptors (Lipinski definition) is 15. The molecule has 20 heteroatoms. The second-order valence-corrected chi connectivity index (χ2v) is 11.0. The van der Waals surface area contributed by atoms with Crippen LogP contribution in [0.2, 0.25) is 0 Å². The molecule has 1 aliphatic heterocycles. The zero-order valence-electron chi connectivity index (χ0n) is 36.3. The molecule has 0 atom stereocenters. The first kappa shape index (κ1) is 62.1. The fourth-order valence-corrected chi connectivity index (χ4v) is 4.67. The summed E-state index contributed by atoms with van der Waals surface area (Å²) in [6.45, 7) is 13.8. The van der Waals surface area contributed by atoms with Gasteiger partial charge in [-0.2, -0.15) is 0 Å². The third-order valence-corrected chi connectivity index (χ3v) is 7.22. The molecule has 0 unspecified atom stereocenters. The van der Waals surface area contributed by atoms with Crippen LogP contribution in [0.5, 0.6) is 5.75 Å². The van der Waals surface area contributed by atoms with Gasteiger partial charge in [0.2, 0.25) is 5.91 Å². The molecule has 1 aromatic carbocycles. The van der Waals surface area contributed by atoms with E-state index in [2.05, 4.69) is 10.6 Å². The van der Waals surface area contributed by atoms with E-state index in [0.717, 1.165) is 19.8 Å². The fraction of sp³-hybridized carbons (Fsp3) is 0.649. The van der Waals surface area contributed by atoms with Crippen LogP contribution in [0.15, 0.2) is 24.3 Å². The summed E-state index contributed by atoms with van der Waals surface area (Å²) < 4.78 is 15.5. The maximum Gasteiger partial charge on any atom is 2.00 e. The molecule has 1 fully saturated rings. The average molecular weight is 815 g/mol. The van der Waals surface area contributed by atoms with Gasteiger partial charge in [0.05, 0.1) is 39.4 Å². The van der Waals surface area contributed by atoms with Gasteiger partial charge in [-0.1, -0.05) is 34.6 Å². The van der Waals surface area contributed by atoms with Crippen molar-refractivity contribution in [2.75, 3.05) is 119 Å². The summed E-state index contributed by atoms with van der Waals surface area (Å²) in [5.74, 6) is -2.25. The van der Waals surface area contributed by atoms with E-state index in [1.54, 1.807) is 21.9 Å². The van der Waals surface area contributed by atoms with E-state index in [9.17, 15) is 39.0 Å². The molecule has 0 saturated carbocycles. The molecule has 328 valence electrons. The molecule has 1 heterocycles. The van der Waals surface area contributed by atoms with E-state index in [0.29, 0.717) is 64.5 Å². The van der Waals surface area contributed by atoms with Gasteiger partial charge in [0.15, 0.2) is 0 Å². The van der Waals surface area contributed by atoms with Crippen LogP contribution in [-0.4, -0.2) is 200 Å². The standard InChI is InChI=1S/C31H48N6O11.2C2H6.CH4O.CH3.Be.H3N.H/c1-2-7-33-30(44)25-3-5-26(6-4-25)48-31(45)47-21-20-46-19-8-32-27(39)22-35-11-9-34(17-18-38)10-12-36(23-28(40)41)15-16-37(14-13-35)24-29(42)43;3*1-2;;;;/h3-6,18H,2,7-17,19-24H2,1H3,(H,32,39)(H,33,44)(H,40,41)(H,42,43);2*1-2H3;2H,1H3;1H3;;1H3;/q;;;;-1;+2;;-1. The van der Waals surface area contributed by atoms with Crippen LogP contribution in [0.4, 0.5) is 4.79 Å². The van der Waals surface area contributed by atoms with Crippen LogP contribution in [0, 0.1) is 7.43 Å². The molecule has 0 bridgehead atoms. The molecule has 0 spiro atoms. The Hall–Kier alpha value is -4.07. The molecule has 57 heavy (non-hydrogen) atoms. The number of carbonyl (C=O) groups excluding carboxylic acids is 4.